The van der Waals surface area contributed by atoms with Crippen molar-refractivity contribution in [2.45, 2.75) is 12.8 Å². The maximum absolute atomic E-state index is 11.6. The van der Waals surface area contributed by atoms with Gasteiger partial charge in [-0.1, -0.05) is 6.07 Å². The van der Waals surface area contributed by atoms with Crippen LogP contribution in [-0.4, -0.2) is 13.1 Å². The summed E-state index contributed by atoms with van der Waals surface area (Å²) in [6.07, 6.45) is 3.18. The van der Waals surface area contributed by atoms with Crippen molar-refractivity contribution in [3.05, 3.63) is 29.3 Å². The minimum atomic E-state index is -0.249. The molecule has 0 aromatic heterocycles. The number of methoxy groups -OCH3 is 1. The van der Waals surface area contributed by atoms with E-state index in [0.717, 1.165) is 12.8 Å². The Labute approximate surface area is 116 Å². The fourth-order valence-electron chi connectivity index (χ4n) is 1.63. The second-order valence-corrected chi connectivity index (χ2v) is 4.39. The minimum absolute atomic E-state index is 0.00283. The van der Waals surface area contributed by atoms with Crippen LogP contribution in [0.2, 0.25) is 0 Å². The number of carbonyl (C=O) groups is 1. The van der Waals surface area contributed by atoms with E-state index in [-0.39, 0.29) is 17.5 Å². The number of carbonyl (C=O) groups excluding carboxylic acids is 1. The number of ether oxygens (including phenoxy) is 2. The molecule has 0 bridgehead atoms. The van der Waals surface area contributed by atoms with Gasteiger partial charge in [0.2, 0.25) is 0 Å². The fraction of sp³-hybridized carbons (Fsp3) is 0.267. The molecule has 0 spiro atoms. The number of benzene rings is 1. The predicted octanol–water partition coefficient (Wildman–Crippen LogP) is 2.44. The molecule has 0 heterocycles. The van der Waals surface area contributed by atoms with Crippen LogP contribution < -0.4 is 9.47 Å². The lowest BCUT2D eigenvalue weighted by atomic mass is 10.1. The molecule has 0 N–H and O–H groups in total. The molecule has 0 atom stereocenters. The van der Waals surface area contributed by atoms with Crippen LogP contribution in [0.5, 0.6) is 11.5 Å². The summed E-state index contributed by atoms with van der Waals surface area (Å²) in [5, 5.41) is 17.4. The van der Waals surface area contributed by atoms with Gasteiger partial charge in [-0.2, -0.15) is 10.5 Å². The Kier molecular flexibility index (Phi) is 4.02. The second-order valence-electron chi connectivity index (χ2n) is 4.39. The van der Waals surface area contributed by atoms with Crippen LogP contribution in [0.3, 0.4) is 0 Å². The number of hydrogen-bond donors (Lipinski definition) is 0. The lowest BCUT2D eigenvalue weighted by Gasteiger charge is -2.09. The zero-order chi connectivity index (χ0) is 14.5. The number of rotatable bonds is 4. The largest absolute Gasteiger partial charge is 0.493 e. The molecule has 20 heavy (non-hydrogen) atoms. The van der Waals surface area contributed by atoms with Gasteiger partial charge < -0.3 is 9.47 Å². The maximum atomic E-state index is 11.6. The number of hydrogen-bond acceptors (Lipinski definition) is 5. The van der Waals surface area contributed by atoms with Crippen molar-refractivity contribution < 1.29 is 14.3 Å². The van der Waals surface area contributed by atoms with Gasteiger partial charge in [0.15, 0.2) is 11.5 Å². The Morgan fingerprint density at radius 3 is 2.55 bits per heavy atom. The molecule has 0 saturated heterocycles. The van der Waals surface area contributed by atoms with E-state index in [4.69, 9.17) is 20.0 Å². The lowest BCUT2D eigenvalue weighted by molar-refractivity contribution is -0.135. The number of esters is 1. The van der Waals surface area contributed by atoms with Crippen LogP contribution in [0.4, 0.5) is 0 Å². The van der Waals surface area contributed by atoms with E-state index in [0.29, 0.717) is 17.1 Å². The Bertz CT molecular complexity index is 630. The quantitative estimate of drug-likeness (QED) is 0.475. The van der Waals surface area contributed by atoms with Gasteiger partial charge in [-0.3, -0.25) is 4.79 Å². The van der Waals surface area contributed by atoms with E-state index in [9.17, 15) is 4.79 Å². The fourth-order valence-corrected chi connectivity index (χ4v) is 1.63. The molecule has 1 aliphatic rings. The van der Waals surface area contributed by atoms with E-state index in [1.54, 1.807) is 30.3 Å². The van der Waals surface area contributed by atoms with E-state index in [1.807, 2.05) is 0 Å². The predicted molar refractivity (Wildman–Crippen MR) is 70.6 cm³/mol. The summed E-state index contributed by atoms with van der Waals surface area (Å²) >= 11 is 0. The van der Waals surface area contributed by atoms with Crippen LogP contribution >= 0.6 is 0 Å². The van der Waals surface area contributed by atoms with Crippen LogP contribution in [-0.2, 0) is 4.79 Å². The van der Waals surface area contributed by atoms with Gasteiger partial charge in [0.1, 0.15) is 17.7 Å². The van der Waals surface area contributed by atoms with Gasteiger partial charge in [-0.05, 0) is 36.6 Å². The molecule has 1 saturated carbocycles. The van der Waals surface area contributed by atoms with Crippen molar-refractivity contribution >= 4 is 12.0 Å². The van der Waals surface area contributed by atoms with Gasteiger partial charge in [0.25, 0.3) is 0 Å². The highest BCUT2D eigenvalue weighted by Crippen LogP contribution is 2.34. The number of nitrogens with zero attached hydrogens (tertiary/aromatic N) is 2. The summed E-state index contributed by atoms with van der Waals surface area (Å²) < 4.78 is 10.4. The Morgan fingerprint density at radius 1 is 1.30 bits per heavy atom. The SMILES string of the molecule is COc1cc(C=C(C#N)C#N)ccc1OC(=O)C1CC1. The van der Waals surface area contributed by atoms with Crippen molar-refractivity contribution in [3.8, 4) is 23.6 Å². The van der Waals surface area contributed by atoms with Crippen molar-refractivity contribution in [2.24, 2.45) is 5.92 Å². The van der Waals surface area contributed by atoms with Gasteiger partial charge in [0.05, 0.1) is 13.0 Å². The molecule has 2 rings (SSSR count). The average molecular weight is 268 g/mol. The van der Waals surface area contributed by atoms with Crippen molar-refractivity contribution in [1.29, 1.82) is 10.5 Å². The third-order valence-corrected chi connectivity index (χ3v) is 2.86. The smallest absolute Gasteiger partial charge is 0.314 e. The van der Waals surface area contributed by atoms with Crippen LogP contribution in [0.15, 0.2) is 23.8 Å². The number of nitriles is 2. The van der Waals surface area contributed by atoms with E-state index in [1.165, 1.54) is 13.2 Å². The summed E-state index contributed by atoms with van der Waals surface area (Å²) in [5.41, 5.74) is 0.626. The summed E-state index contributed by atoms with van der Waals surface area (Å²) in [6.45, 7) is 0. The zero-order valence-corrected chi connectivity index (χ0v) is 10.9. The Morgan fingerprint density at radius 2 is 2.00 bits per heavy atom. The molecular formula is C15H12N2O3. The van der Waals surface area contributed by atoms with Crippen LogP contribution in [0, 0.1) is 28.6 Å². The van der Waals surface area contributed by atoms with Gasteiger partial charge >= 0.3 is 5.97 Å². The highest BCUT2D eigenvalue weighted by molar-refractivity contribution is 5.78. The van der Waals surface area contributed by atoms with Crippen molar-refractivity contribution in [3.63, 3.8) is 0 Å². The second kappa shape index (κ2) is 5.90. The van der Waals surface area contributed by atoms with E-state index in [2.05, 4.69) is 0 Å². The van der Waals surface area contributed by atoms with Gasteiger partial charge in [-0.25, -0.2) is 0 Å². The summed E-state index contributed by atoms with van der Waals surface area (Å²) in [7, 11) is 1.47. The highest BCUT2D eigenvalue weighted by atomic mass is 16.6. The molecule has 1 aromatic rings. The molecule has 5 heteroatoms. The molecule has 0 radical (unpaired) electrons. The molecule has 1 aromatic carbocycles. The Hall–Kier alpha value is -2.79. The van der Waals surface area contributed by atoms with Crippen LogP contribution in [0.25, 0.3) is 6.08 Å². The zero-order valence-electron chi connectivity index (χ0n) is 10.9. The molecule has 100 valence electrons. The molecule has 0 unspecified atom stereocenters. The minimum Gasteiger partial charge on any atom is -0.493 e. The molecule has 0 amide bonds. The normalized spacial score (nSPS) is 12.8. The third-order valence-electron chi connectivity index (χ3n) is 2.86. The first kappa shape index (κ1) is 13.6. The first-order chi connectivity index (χ1) is 9.67. The highest BCUT2D eigenvalue weighted by Gasteiger charge is 2.32. The van der Waals surface area contributed by atoms with Gasteiger partial charge in [-0.15, -0.1) is 0 Å². The first-order valence-electron chi connectivity index (χ1n) is 6.09. The van der Waals surface area contributed by atoms with Crippen LogP contribution in [0.1, 0.15) is 18.4 Å². The topological polar surface area (TPSA) is 83.1 Å². The van der Waals surface area contributed by atoms with Gasteiger partial charge in [0, 0.05) is 0 Å². The summed E-state index contributed by atoms with van der Waals surface area (Å²) in [5.74, 6) is 0.490. The average Bonchev–Trinajstić information content (AvgIpc) is 3.30. The lowest BCUT2D eigenvalue weighted by Crippen LogP contribution is -2.10. The van der Waals surface area contributed by atoms with Crippen molar-refractivity contribution in [1.82, 2.24) is 0 Å². The number of allylic oxidation sites excluding steroid dienone is 1. The first-order valence-corrected chi connectivity index (χ1v) is 6.09. The monoisotopic (exact) mass is 268 g/mol. The molecule has 0 aliphatic heterocycles. The molecular weight excluding hydrogens is 256 g/mol. The Balaban J connectivity index is 2.24. The van der Waals surface area contributed by atoms with Crippen molar-refractivity contribution in [2.75, 3.05) is 7.11 Å². The van der Waals surface area contributed by atoms with E-state index < -0.39 is 0 Å². The maximum Gasteiger partial charge on any atom is 0.314 e. The molecule has 1 fully saturated rings. The molecule has 1 aliphatic carbocycles. The third kappa shape index (κ3) is 3.15. The summed E-state index contributed by atoms with van der Waals surface area (Å²) in [6, 6.07) is 8.43. The van der Waals surface area contributed by atoms with E-state index >= 15 is 0 Å². The standard InChI is InChI=1S/C15H12N2O3/c1-19-14-7-10(6-11(8-16)9-17)2-5-13(14)20-15(18)12-3-4-12/h2,5-7,12H,3-4H2,1H3. The summed E-state index contributed by atoms with van der Waals surface area (Å²) in [4.78, 5) is 11.6. The molecule has 5 nitrogen and oxygen atoms in total.